The van der Waals surface area contributed by atoms with Gasteiger partial charge in [0.1, 0.15) is 0 Å². The van der Waals surface area contributed by atoms with Gasteiger partial charge in [-0.3, -0.25) is 0 Å². The largest absolute Gasteiger partial charge is 0.366 e. The van der Waals surface area contributed by atoms with E-state index in [1.807, 2.05) is 30.8 Å². The molecule has 0 rings (SSSR count). The summed E-state index contributed by atoms with van der Waals surface area (Å²) in [4.78, 5) is 2.03. The van der Waals surface area contributed by atoms with Crippen LogP contribution < -0.4 is 5.32 Å². The van der Waals surface area contributed by atoms with Gasteiger partial charge in [-0.25, -0.2) is 0 Å². The Kier molecular flexibility index (Phi) is 5.82. The van der Waals surface area contributed by atoms with Crippen molar-refractivity contribution in [3.8, 4) is 0 Å². The van der Waals surface area contributed by atoms with Gasteiger partial charge in [-0.1, -0.05) is 0 Å². The first-order valence-electron chi connectivity index (χ1n) is 3.14. The van der Waals surface area contributed by atoms with Gasteiger partial charge in [-0.2, -0.15) is 11.8 Å². The lowest BCUT2D eigenvalue weighted by molar-refractivity contribution is 0.533. The van der Waals surface area contributed by atoms with Crippen molar-refractivity contribution in [2.75, 3.05) is 32.6 Å². The second kappa shape index (κ2) is 5.80. The molecule has 10 heavy (non-hydrogen) atoms. The summed E-state index contributed by atoms with van der Waals surface area (Å²) in [6, 6.07) is 0. The molecule has 0 unspecified atom stereocenters. The van der Waals surface area contributed by atoms with Gasteiger partial charge in [0.25, 0.3) is 0 Å². The van der Waals surface area contributed by atoms with Gasteiger partial charge >= 0.3 is 0 Å². The highest BCUT2D eigenvalue weighted by Crippen LogP contribution is 1.92. The monoisotopic (exact) mass is 178 g/mol. The summed E-state index contributed by atoms with van der Waals surface area (Å²) in [6.07, 6.45) is 2.09. The van der Waals surface area contributed by atoms with E-state index in [0.29, 0.717) is 0 Å². The van der Waals surface area contributed by atoms with Crippen molar-refractivity contribution in [2.24, 2.45) is 0 Å². The zero-order valence-electron chi connectivity index (χ0n) is 6.68. The standard InChI is InChI=1S/C6H14N2S2/c1-7-6(9)8(2)4-5-10-3/h4-5H2,1-3H3,(H,7,9). The Labute approximate surface area is 72.4 Å². The maximum atomic E-state index is 5.00. The topological polar surface area (TPSA) is 15.3 Å². The van der Waals surface area contributed by atoms with Crippen molar-refractivity contribution in [2.45, 2.75) is 0 Å². The van der Waals surface area contributed by atoms with Crippen molar-refractivity contribution in [1.29, 1.82) is 0 Å². The minimum Gasteiger partial charge on any atom is -0.366 e. The van der Waals surface area contributed by atoms with Crippen LogP contribution in [-0.4, -0.2) is 42.7 Å². The predicted octanol–water partition coefficient (Wildman–Crippen LogP) is 0.786. The molecule has 0 radical (unpaired) electrons. The number of thioether (sulfide) groups is 1. The molecule has 0 spiro atoms. The summed E-state index contributed by atoms with van der Waals surface area (Å²) in [5, 5.41) is 3.74. The van der Waals surface area contributed by atoms with Crippen LogP contribution in [0.3, 0.4) is 0 Å². The number of hydrogen-bond acceptors (Lipinski definition) is 2. The lowest BCUT2D eigenvalue weighted by atomic mass is 10.6. The number of rotatable bonds is 3. The van der Waals surface area contributed by atoms with Crippen LogP contribution >= 0.6 is 24.0 Å². The fraction of sp³-hybridized carbons (Fsp3) is 0.833. The molecular formula is C6H14N2S2. The minimum atomic E-state index is 0.814. The molecular weight excluding hydrogens is 164 g/mol. The Morgan fingerprint density at radius 3 is 2.70 bits per heavy atom. The highest BCUT2D eigenvalue weighted by Gasteiger charge is 1.98. The van der Waals surface area contributed by atoms with Gasteiger partial charge < -0.3 is 10.2 Å². The lowest BCUT2D eigenvalue weighted by Crippen LogP contribution is -2.35. The van der Waals surface area contributed by atoms with Gasteiger partial charge in [-0.15, -0.1) is 0 Å². The van der Waals surface area contributed by atoms with E-state index in [9.17, 15) is 0 Å². The molecule has 2 nitrogen and oxygen atoms in total. The second-order valence-electron chi connectivity index (χ2n) is 1.97. The first kappa shape index (κ1) is 10.0. The van der Waals surface area contributed by atoms with E-state index in [2.05, 4.69) is 11.6 Å². The number of hydrogen-bond donors (Lipinski definition) is 1. The maximum absolute atomic E-state index is 5.00. The summed E-state index contributed by atoms with van der Waals surface area (Å²) >= 11 is 6.83. The van der Waals surface area contributed by atoms with Crippen LogP contribution in [-0.2, 0) is 0 Å². The van der Waals surface area contributed by atoms with Crippen LogP contribution in [0, 0.1) is 0 Å². The first-order valence-corrected chi connectivity index (χ1v) is 4.94. The molecule has 0 bridgehead atoms. The molecule has 0 fully saturated rings. The fourth-order valence-electron chi connectivity index (χ4n) is 0.521. The summed E-state index contributed by atoms with van der Waals surface area (Å²) in [5.41, 5.74) is 0. The van der Waals surface area contributed by atoms with E-state index in [0.717, 1.165) is 17.4 Å². The molecule has 60 valence electrons. The van der Waals surface area contributed by atoms with Crippen LogP contribution in [0.1, 0.15) is 0 Å². The van der Waals surface area contributed by atoms with Crippen molar-refractivity contribution < 1.29 is 0 Å². The summed E-state index contributed by atoms with van der Waals surface area (Å²) < 4.78 is 0. The Morgan fingerprint density at radius 2 is 2.30 bits per heavy atom. The van der Waals surface area contributed by atoms with E-state index in [1.54, 1.807) is 0 Å². The van der Waals surface area contributed by atoms with Gasteiger partial charge in [0, 0.05) is 26.4 Å². The lowest BCUT2D eigenvalue weighted by Gasteiger charge is -2.18. The third-order valence-corrected chi connectivity index (χ3v) is 2.30. The number of nitrogens with zero attached hydrogens (tertiary/aromatic N) is 1. The third kappa shape index (κ3) is 3.95. The van der Waals surface area contributed by atoms with Crippen molar-refractivity contribution in [3.63, 3.8) is 0 Å². The highest BCUT2D eigenvalue weighted by molar-refractivity contribution is 7.98. The van der Waals surface area contributed by atoms with Crippen LogP contribution in [0.5, 0.6) is 0 Å². The fourth-order valence-corrected chi connectivity index (χ4v) is 1.07. The Bertz CT molecular complexity index is 106. The molecule has 0 saturated heterocycles. The predicted molar refractivity (Wildman–Crippen MR) is 52.7 cm³/mol. The molecule has 1 N–H and O–H groups in total. The van der Waals surface area contributed by atoms with E-state index < -0.39 is 0 Å². The smallest absolute Gasteiger partial charge is 0.168 e. The van der Waals surface area contributed by atoms with Crippen molar-refractivity contribution >= 4 is 29.1 Å². The average molecular weight is 178 g/mol. The zero-order valence-corrected chi connectivity index (χ0v) is 8.31. The molecule has 4 heteroatoms. The van der Waals surface area contributed by atoms with Crippen LogP contribution in [0.15, 0.2) is 0 Å². The molecule has 0 amide bonds. The van der Waals surface area contributed by atoms with Crippen molar-refractivity contribution in [1.82, 2.24) is 10.2 Å². The van der Waals surface area contributed by atoms with E-state index in [-0.39, 0.29) is 0 Å². The molecule has 0 aliphatic rings. The van der Waals surface area contributed by atoms with Gasteiger partial charge in [0.05, 0.1) is 0 Å². The van der Waals surface area contributed by atoms with Gasteiger partial charge in [0.2, 0.25) is 0 Å². The molecule has 0 heterocycles. The Balaban J connectivity index is 3.41. The summed E-state index contributed by atoms with van der Waals surface area (Å²) in [7, 11) is 3.84. The summed E-state index contributed by atoms with van der Waals surface area (Å²) in [5.74, 6) is 1.12. The van der Waals surface area contributed by atoms with E-state index in [4.69, 9.17) is 12.2 Å². The molecule has 0 saturated carbocycles. The molecule has 0 aromatic heterocycles. The number of thiocarbonyl (C=S) groups is 1. The molecule has 0 aliphatic carbocycles. The molecule has 0 aliphatic heterocycles. The van der Waals surface area contributed by atoms with E-state index >= 15 is 0 Å². The molecule has 0 aromatic rings. The molecule has 0 atom stereocenters. The summed E-state index contributed by atoms with van der Waals surface area (Å²) in [6.45, 7) is 1.01. The third-order valence-electron chi connectivity index (χ3n) is 1.19. The van der Waals surface area contributed by atoms with Crippen LogP contribution in [0.25, 0.3) is 0 Å². The highest BCUT2D eigenvalue weighted by atomic mass is 32.2. The first-order chi connectivity index (χ1) is 4.72. The minimum absolute atomic E-state index is 0.814. The maximum Gasteiger partial charge on any atom is 0.168 e. The van der Waals surface area contributed by atoms with Crippen molar-refractivity contribution in [3.05, 3.63) is 0 Å². The normalized spacial score (nSPS) is 9.10. The van der Waals surface area contributed by atoms with Gasteiger partial charge in [-0.05, 0) is 18.5 Å². The van der Waals surface area contributed by atoms with E-state index in [1.165, 1.54) is 0 Å². The number of nitrogens with one attached hydrogen (secondary N) is 1. The Hall–Kier alpha value is 0.0400. The quantitative estimate of drug-likeness (QED) is 0.642. The van der Waals surface area contributed by atoms with Crippen LogP contribution in [0.2, 0.25) is 0 Å². The molecule has 0 aromatic carbocycles. The van der Waals surface area contributed by atoms with Crippen LogP contribution in [0.4, 0.5) is 0 Å². The SMILES string of the molecule is CNC(=S)N(C)CCSC. The Morgan fingerprint density at radius 1 is 1.70 bits per heavy atom. The van der Waals surface area contributed by atoms with Gasteiger partial charge in [0.15, 0.2) is 5.11 Å². The average Bonchev–Trinajstić information content (AvgIpc) is 1.98. The zero-order chi connectivity index (χ0) is 7.98. The second-order valence-corrected chi connectivity index (χ2v) is 3.34.